The summed E-state index contributed by atoms with van der Waals surface area (Å²) in [7, 11) is -3.77. The number of ether oxygens (including phenoxy) is 1. The maximum Gasteiger partial charge on any atom is 0.265 e. The summed E-state index contributed by atoms with van der Waals surface area (Å²) in [5, 5.41) is 2.71. The number of sulfonamides is 1. The van der Waals surface area contributed by atoms with Crippen LogP contribution < -0.4 is 14.8 Å². The minimum Gasteiger partial charge on any atom is -0.481 e. The Labute approximate surface area is 169 Å². The number of benzene rings is 2. The van der Waals surface area contributed by atoms with Crippen LogP contribution in [0.4, 0.5) is 11.5 Å². The van der Waals surface area contributed by atoms with Crippen molar-refractivity contribution in [2.75, 3.05) is 10.0 Å². The normalized spacial score (nSPS) is 12.1. The zero-order valence-electron chi connectivity index (χ0n) is 16.0. The van der Waals surface area contributed by atoms with Crippen LogP contribution in [0, 0.1) is 6.92 Å². The summed E-state index contributed by atoms with van der Waals surface area (Å²) in [6.07, 6.45) is 0.781. The van der Waals surface area contributed by atoms with Crippen molar-refractivity contribution in [3.8, 4) is 5.75 Å². The number of anilines is 2. The van der Waals surface area contributed by atoms with Gasteiger partial charge in [0.15, 0.2) is 6.10 Å². The van der Waals surface area contributed by atoms with Crippen molar-refractivity contribution in [3.63, 3.8) is 0 Å². The first kappa shape index (κ1) is 20.3. The average molecular weight is 411 g/mol. The molecule has 2 N–H and O–H groups in total. The molecule has 8 heteroatoms. The molecule has 150 valence electrons. The number of carbonyl (C=O) groups is 1. The minimum absolute atomic E-state index is 0.0603. The smallest absolute Gasteiger partial charge is 0.265 e. The van der Waals surface area contributed by atoms with E-state index >= 15 is 0 Å². The lowest BCUT2D eigenvalue weighted by molar-refractivity contribution is -0.122. The van der Waals surface area contributed by atoms with E-state index in [-0.39, 0.29) is 16.6 Å². The molecule has 1 atom stereocenters. The van der Waals surface area contributed by atoms with Gasteiger partial charge in [-0.3, -0.25) is 9.52 Å². The number of amides is 1. The van der Waals surface area contributed by atoms with E-state index in [1.54, 1.807) is 37.3 Å². The van der Waals surface area contributed by atoms with E-state index in [9.17, 15) is 13.2 Å². The number of hydrogen-bond acceptors (Lipinski definition) is 5. The molecule has 0 spiro atoms. The van der Waals surface area contributed by atoms with Gasteiger partial charge >= 0.3 is 0 Å². The van der Waals surface area contributed by atoms with E-state index < -0.39 is 16.1 Å². The first-order valence-electron chi connectivity index (χ1n) is 8.91. The summed E-state index contributed by atoms with van der Waals surface area (Å²) in [6, 6.07) is 18.2. The topological polar surface area (TPSA) is 97.4 Å². The fraction of sp³-hybridized carbons (Fsp3) is 0.143. The van der Waals surface area contributed by atoms with Gasteiger partial charge in [-0.15, -0.1) is 0 Å². The van der Waals surface area contributed by atoms with Crippen molar-refractivity contribution in [1.82, 2.24) is 4.98 Å². The molecule has 0 aliphatic heterocycles. The Bertz CT molecular complexity index is 1070. The van der Waals surface area contributed by atoms with Crippen molar-refractivity contribution in [1.29, 1.82) is 0 Å². The molecule has 2 aromatic carbocycles. The second-order valence-electron chi connectivity index (χ2n) is 6.41. The lowest BCUT2D eigenvalue weighted by Crippen LogP contribution is -2.30. The number of nitrogens with zero attached hydrogens (tertiary/aromatic N) is 1. The van der Waals surface area contributed by atoms with E-state index in [4.69, 9.17) is 4.74 Å². The van der Waals surface area contributed by atoms with Crippen LogP contribution in [-0.4, -0.2) is 25.4 Å². The molecule has 0 radical (unpaired) electrons. The van der Waals surface area contributed by atoms with Crippen LogP contribution in [-0.2, 0) is 14.8 Å². The first-order valence-corrected chi connectivity index (χ1v) is 10.4. The monoisotopic (exact) mass is 411 g/mol. The number of pyridine rings is 1. The Kier molecular flexibility index (Phi) is 6.13. The molecule has 1 heterocycles. The van der Waals surface area contributed by atoms with E-state index in [2.05, 4.69) is 15.0 Å². The summed E-state index contributed by atoms with van der Waals surface area (Å²) in [4.78, 5) is 16.3. The first-order chi connectivity index (χ1) is 13.8. The number of aryl methyl sites for hydroxylation is 1. The molecular weight excluding hydrogens is 390 g/mol. The van der Waals surface area contributed by atoms with Crippen LogP contribution in [0.15, 0.2) is 77.8 Å². The Morgan fingerprint density at radius 2 is 1.69 bits per heavy atom. The number of aromatic nitrogens is 1. The second kappa shape index (κ2) is 8.74. The molecule has 1 amide bonds. The van der Waals surface area contributed by atoms with Gasteiger partial charge in [0.2, 0.25) is 0 Å². The highest BCUT2D eigenvalue weighted by Gasteiger charge is 2.17. The maximum absolute atomic E-state index is 12.4. The predicted octanol–water partition coefficient (Wildman–Crippen LogP) is 3.60. The van der Waals surface area contributed by atoms with E-state index in [0.29, 0.717) is 11.4 Å². The SMILES string of the molecule is Cc1ccc(OC(C)C(=O)Nc2ccc(S(=O)(=O)Nc3ccccn3)cc2)cc1. The Morgan fingerprint density at radius 1 is 1.00 bits per heavy atom. The highest BCUT2D eigenvalue weighted by Crippen LogP contribution is 2.18. The summed E-state index contributed by atoms with van der Waals surface area (Å²) in [5.74, 6) is 0.486. The minimum atomic E-state index is -3.77. The van der Waals surface area contributed by atoms with Crippen LogP contribution >= 0.6 is 0 Å². The molecular formula is C21H21N3O4S. The molecule has 0 fully saturated rings. The van der Waals surface area contributed by atoms with Gasteiger partial charge in [-0.1, -0.05) is 23.8 Å². The molecule has 0 aliphatic rings. The molecule has 0 aliphatic carbocycles. The van der Waals surface area contributed by atoms with Crippen LogP contribution in [0.5, 0.6) is 5.75 Å². The van der Waals surface area contributed by atoms with Gasteiger partial charge in [-0.05, 0) is 62.4 Å². The lowest BCUT2D eigenvalue weighted by atomic mass is 10.2. The van der Waals surface area contributed by atoms with E-state index in [0.717, 1.165) is 5.56 Å². The Hall–Kier alpha value is -3.39. The zero-order valence-corrected chi connectivity index (χ0v) is 16.8. The van der Waals surface area contributed by atoms with Crippen molar-refractivity contribution >= 4 is 27.4 Å². The molecule has 0 saturated heterocycles. The molecule has 1 aromatic heterocycles. The molecule has 0 saturated carbocycles. The number of nitrogens with one attached hydrogen (secondary N) is 2. The van der Waals surface area contributed by atoms with Crippen molar-refractivity contribution in [2.45, 2.75) is 24.8 Å². The molecule has 3 rings (SSSR count). The van der Waals surface area contributed by atoms with Gasteiger partial charge in [-0.2, -0.15) is 0 Å². The van der Waals surface area contributed by atoms with Crippen molar-refractivity contribution in [3.05, 3.63) is 78.5 Å². The average Bonchev–Trinajstić information content (AvgIpc) is 2.70. The van der Waals surface area contributed by atoms with Gasteiger partial charge in [0.1, 0.15) is 11.6 Å². The third-order valence-corrected chi connectivity index (χ3v) is 5.41. The second-order valence-corrected chi connectivity index (χ2v) is 8.09. The molecule has 7 nitrogen and oxygen atoms in total. The van der Waals surface area contributed by atoms with Crippen LogP contribution in [0.3, 0.4) is 0 Å². The molecule has 3 aromatic rings. The summed E-state index contributed by atoms with van der Waals surface area (Å²) in [6.45, 7) is 3.61. The third-order valence-electron chi connectivity index (χ3n) is 4.04. The van der Waals surface area contributed by atoms with Gasteiger partial charge in [0.25, 0.3) is 15.9 Å². The fourth-order valence-electron chi connectivity index (χ4n) is 2.46. The highest BCUT2D eigenvalue weighted by atomic mass is 32.2. The van der Waals surface area contributed by atoms with E-state index in [1.807, 2.05) is 19.1 Å². The summed E-state index contributed by atoms with van der Waals surface area (Å²) >= 11 is 0. The lowest BCUT2D eigenvalue weighted by Gasteiger charge is -2.15. The number of rotatable bonds is 7. The molecule has 1 unspecified atom stereocenters. The van der Waals surface area contributed by atoms with Crippen LogP contribution in [0.1, 0.15) is 12.5 Å². The third kappa shape index (κ3) is 5.55. The van der Waals surface area contributed by atoms with Gasteiger partial charge < -0.3 is 10.1 Å². The molecule has 0 bridgehead atoms. The van der Waals surface area contributed by atoms with Gasteiger partial charge in [0.05, 0.1) is 4.90 Å². The standard InChI is InChI=1S/C21H21N3O4S/c1-15-6-10-18(11-7-15)28-16(2)21(25)23-17-8-12-19(13-9-17)29(26,27)24-20-5-3-4-14-22-20/h3-14,16H,1-2H3,(H,22,24)(H,23,25). The summed E-state index contributed by atoms with van der Waals surface area (Å²) in [5.41, 5.74) is 1.56. The van der Waals surface area contributed by atoms with Crippen LogP contribution in [0.2, 0.25) is 0 Å². The Balaban J connectivity index is 1.62. The number of carbonyl (C=O) groups excluding carboxylic acids is 1. The van der Waals surface area contributed by atoms with Crippen molar-refractivity contribution < 1.29 is 17.9 Å². The quantitative estimate of drug-likeness (QED) is 0.619. The zero-order chi connectivity index (χ0) is 20.9. The maximum atomic E-state index is 12.4. The van der Waals surface area contributed by atoms with Gasteiger partial charge in [0, 0.05) is 11.9 Å². The Morgan fingerprint density at radius 3 is 2.31 bits per heavy atom. The molecule has 29 heavy (non-hydrogen) atoms. The largest absolute Gasteiger partial charge is 0.481 e. The number of hydrogen-bond donors (Lipinski definition) is 2. The van der Waals surface area contributed by atoms with E-state index in [1.165, 1.54) is 30.5 Å². The van der Waals surface area contributed by atoms with Gasteiger partial charge in [-0.25, -0.2) is 13.4 Å². The predicted molar refractivity (Wildman–Crippen MR) is 111 cm³/mol. The van der Waals surface area contributed by atoms with Crippen LogP contribution in [0.25, 0.3) is 0 Å². The fourth-order valence-corrected chi connectivity index (χ4v) is 3.46. The van der Waals surface area contributed by atoms with Crippen molar-refractivity contribution in [2.24, 2.45) is 0 Å². The highest BCUT2D eigenvalue weighted by molar-refractivity contribution is 7.92. The summed E-state index contributed by atoms with van der Waals surface area (Å²) < 4.78 is 32.8.